The van der Waals surface area contributed by atoms with Crippen molar-refractivity contribution >= 4 is 0 Å². The smallest absolute Gasteiger partial charge is 0.0124 e. The molecule has 0 amide bonds. The molecule has 0 aromatic carbocycles. The number of hydrogen-bond acceptors (Lipinski definition) is 2. The van der Waals surface area contributed by atoms with Crippen molar-refractivity contribution in [3.8, 4) is 0 Å². The number of likely N-dealkylation sites (tertiary alicyclic amines) is 1. The van der Waals surface area contributed by atoms with Crippen LogP contribution in [0, 0.1) is 11.8 Å². The average Bonchev–Trinajstić information content (AvgIpc) is 2.72. The average molecular weight is 238 g/mol. The van der Waals surface area contributed by atoms with Crippen molar-refractivity contribution in [3.05, 3.63) is 0 Å². The van der Waals surface area contributed by atoms with Gasteiger partial charge in [-0.3, -0.25) is 4.90 Å². The van der Waals surface area contributed by atoms with Gasteiger partial charge in [0.15, 0.2) is 0 Å². The maximum absolute atomic E-state index is 3.60. The van der Waals surface area contributed by atoms with E-state index in [-0.39, 0.29) is 0 Å². The van der Waals surface area contributed by atoms with Crippen molar-refractivity contribution in [2.45, 2.75) is 58.4 Å². The van der Waals surface area contributed by atoms with Crippen molar-refractivity contribution in [2.75, 3.05) is 26.2 Å². The van der Waals surface area contributed by atoms with Gasteiger partial charge in [0.2, 0.25) is 0 Å². The van der Waals surface area contributed by atoms with Crippen molar-refractivity contribution in [1.29, 1.82) is 0 Å². The van der Waals surface area contributed by atoms with Crippen LogP contribution in [-0.2, 0) is 0 Å². The summed E-state index contributed by atoms with van der Waals surface area (Å²) in [6.45, 7) is 9.62. The van der Waals surface area contributed by atoms with Crippen molar-refractivity contribution < 1.29 is 0 Å². The minimum atomic E-state index is 0.831. The molecule has 100 valence electrons. The number of fused-ring (bicyclic) bond motifs is 1. The normalized spacial score (nSPS) is 29.8. The highest BCUT2D eigenvalue weighted by molar-refractivity contribution is 4.89. The molecule has 1 heterocycles. The topological polar surface area (TPSA) is 15.3 Å². The Morgan fingerprint density at radius 1 is 1.12 bits per heavy atom. The van der Waals surface area contributed by atoms with Crippen LogP contribution >= 0.6 is 0 Å². The molecule has 2 rings (SSSR count). The van der Waals surface area contributed by atoms with E-state index in [1.807, 2.05) is 0 Å². The van der Waals surface area contributed by atoms with Crippen LogP contribution in [0.15, 0.2) is 0 Å². The van der Waals surface area contributed by atoms with Crippen LogP contribution in [0.3, 0.4) is 0 Å². The third-order valence-electron chi connectivity index (χ3n) is 4.60. The first-order chi connectivity index (χ1) is 8.27. The quantitative estimate of drug-likeness (QED) is 0.716. The Morgan fingerprint density at radius 2 is 1.94 bits per heavy atom. The summed E-state index contributed by atoms with van der Waals surface area (Å²) in [4.78, 5) is 2.76. The van der Waals surface area contributed by atoms with E-state index in [2.05, 4.69) is 24.1 Å². The number of nitrogens with one attached hydrogen (secondary N) is 1. The molecule has 0 radical (unpaired) electrons. The van der Waals surface area contributed by atoms with E-state index in [4.69, 9.17) is 0 Å². The lowest BCUT2D eigenvalue weighted by Gasteiger charge is -2.31. The SMILES string of the molecule is CC(C)CCNCCN1CCC2CCCCC21. The third-order valence-corrected chi connectivity index (χ3v) is 4.60. The van der Waals surface area contributed by atoms with Crippen LogP contribution in [0.4, 0.5) is 0 Å². The summed E-state index contributed by atoms with van der Waals surface area (Å²) < 4.78 is 0. The molecule has 1 aliphatic carbocycles. The molecule has 1 saturated heterocycles. The van der Waals surface area contributed by atoms with Gasteiger partial charge in [0.1, 0.15) is 0 Å². The van der Waals surface area contributed by atoms with Gasteiger partial charge in [-0.05, 0) is 50.6 Å². The predicted molar refractivity (Wildman–Crippen MR) is 74.3 cm³/mol. The standard InChI is InChI=1S/C15H30N2/c1-13(2)7-9-16-10-12-17-11-8-14-5-3-4-6-15(14)17/h13-16H,3-12H2,1-2H3. The summed E-state index contributed by atoms with van der Waals surface area (Å²) in [6.07, 6.45) is 8.71. The Hall–Kier alpha value is -0.0800. The zero-order valence-corrected chi connectivity index (χ0v) is 11.8. The molecule has 0 aromatic rings. The lowest BCUT2D eigenvalue weighted by Crippen LogP contribution is -2.39. The van der Waals surface area contributed by atoms with E-state index >= 15 is 0 Å². The minimum absolute atomic E-state index is 0.831. The first-order valence-electron chi connectivity index (χ1n) is 7.72. The van der Waals surface area contributed by atoms with Gasteiger partial charge in [-0.2, -0.15) is 0 Å². The number of rotatable bonds is 6. The molecule has 17 heavy (non-hydrogen) atoms. The molecule has 2 aliphatic rings. The zero-order chi connectivity index (χ0) is 12.1. The Balaban J connectivity index is 1.59. The van der Waals surface area contributed by atoms with Gasteiger partial charge < -0.3 is 5.32 Å². The fourth-order valence-electron chi connectivity index (χ4n) is 3.52. The molecule has 0 spiro atoms. The van der Waals surface area contributed by atoms with E-state index in [1.165, 1.54) is 64.7 Å². The van der Waals surface area contributed by atoms with Gasteiger partial charge >= 0.3 is 0 Å². The molecule has 2 unspecified atom stereocenters. The maximum atomic E-state index is 3.60. The van der Waals surface area contributed by atoms with Gasteiger partial charge in [0, 0.05) is 19.1 Å². The van der Waals surface area contributed by atoms with Gasteiger partial charge in [0.05, 0.1) is 0 Å². The fraction of sp³-hybridized carbons (Fsp3) is 1.00. The van der Waals surface area contributed by atoms with Crippen molar-refractivity contribution in [2.24, 2.45) is 11.8 Å². The highest BCUT2D eigenvalue weighted by atomic mass is 15.2. The van der Waals surface area contributed by atoms with E-state index in [0.29, 0.717) is 0 Å². The van der Waals surface area contributed by atoms with E-state index < -0.39 is 0 Å². The second kappa shape index (κ2) is 6.75. The lowest BCUT2D eigenvalue weighted by molar-refractivity contribution is 0.183. The van der Waals surface area contributed by atoms with Crippen LogP contribution in [0.2, 0.25) is 0 Å². The Kier molecular flexibility index (Phi) is 5.30. The van der Waals surface area contributed by atoms with Crippen LogP contribution in [-0.4, -0.2) is 37.1 Å². The molecular weight excluding hydrogens is 208 g/mol. The highest BCUT2D eigenvalue weighted by Gasteiger charge is 2.34. The largest absolute Gasteiger partial charge is 0.315 e. The molecular formula is C15H30N2. The molecule has 0 bridgehead atoms. The summed E-state index contributed by atoms with van der Waals surface area (Å²) in [5.41, 5.74) is 0. The molecule has 2 fully saturated rings. The van der Waals surface area contributed by atoms with Crippen LogP contribution in [0.1, 0.15) is 52.4 Å². The summed E-state index contributed by atoms with van der Waals surface area (Å²) in [5.74, 6) is 1.87. The molecule has 2 atom stereocenters. The zero-order valence-electron chi connectivity index (χ0n) is 11.8. The van der Waals surface area contributed by atoms with Gasteiger partial charge in [0.25, 0.3) is 0 Å². The van der Waals surface area contributed by atoms with Crippen molar-refractivity contribution in [3.63, 3.8) is 0 Å². The summed E-state index contributed by atoms with van der Waals surface area (Å²) >= 11 is 0. The van der Waals surface area contributed by atoms with Crippen molar-refractivity contribution in [1.82, 2.24) is 10.2 Å². The van der Waals surface area contributed by atoms with Gasteiger partial charge in [-0.15, -0.1) is 0 Å². The maximum Gasteiger partial charge on any atom is 0.0124 e. The molecule has 1 N–H and O–H groups in total. The molecule has 2 nitrogen and oxygen atoms in total. The summed E-state index contributed by atoms with van der Waals surface area (Å²) in [7, 11) is 0. The second-order valence-electron chi connectivity index (χ2n) is 6.37. The Morgan fingerprint density at radius 3 is 2.76 bits per heavy atom. The van der Waals surface area contributed by atoms with E-state index in [9.17, 15) is 0 Å². The molecule has 1 aliphatic heterocycles. The van der Waals surface area contributed by atoms with Crippen LogP contribution in [0.5, 0.6) is 0 Å². The first-order valence-corrected chi connectivity index (χ1v) is 7.72. The Labute approximate surface area is 107 Å². The fourth-order valence-corrected chi connectivity index (χ4v) is 3.52. The molecule has 0 aromatic heterocycles. The first kappa shape index (κ1) is 13.4. The lowest BCUT2D eigenvalue weighted by atomic mass is 9.85. The Bertz CT molecular complexity index is 215. The number of nitrogens with zero attached hydrogens (tertiary/aromatic N) is 1. The monoisotopic (exact) mass is 238 g/mol. The van der Waals surface area contributed by atoms with E-state index in [0.717, 1.165) is 17.9 Å². The summed E-state index contributed by atoms with van der Waals surface area (Å²) in [5, 5.41) is 3.60. The molecule has 1 saturated carbocycles. The second-order valence-corrected chi connectivity index (χ2v) is 6.37. The molecule has 2 heteroatoms. The highest BCUT2D eigenvalue weighted by Crippen LogP contribution is 2.35. The van der Waals surface area contributed by atoms with E-state index in [1.54, 1.807) is 0 Å². The third kappa shape index (κ3) is 3.96. The summed E-state index contributed by atoms with van der Waals surface area (Å²) in [6, 6.07) is 0.940. The predicted octanol–water partition coefficient (Wildman–Crippen LogP) is 2.89. The van der Waals surface area contributed by atoms with Gasteiger partial charge in [-0.1, -0.05) is 26.7 Å². The number of hydrogen-bond donors (Lipinski definition) is 1. The minimum Gasteiger partial charge on any atom is -0.315 e. The van der Waals surface area contributed by atoms with Crippen LogP contribution in [0.25, 0.3) is 0 Å². The van der Waals surface area contributed by atoms with Gasteiger partial charge in [-0.25, -0.2) is 0 Å². The van der Waals surface area contributed by atoms with Crippen LogP contribution < -0.4 is 5.32 Å².